The van der Waals surface area contributed by atoms with Crippen LogP contribution in [0, 0.1) is 0 Å². The molecule has 4 nitrogen and oxygen atoms in total. The number of alkyl halides is 6. The quantitative estimate of drug-likeness (QED) is 0.211. The molecule has 0 unspecified atom stereocenters. The number of unbranched alkanes of at least 4 members (excludes halogenated alkanes) is 3. The van der Waals surface area contributed by atoms with Crippen LogP contribution in [0.15, 0.2) is 25.3 Å². The number of halogens is 6. The predicted octanol–water partition coefficient (Wildman–Crippen LogP) is 4.66. The molecule has 0 radical (unpaired) electrons. The number of nitrogens with one attached hydrogen (secondary N) is 1. The van der Waals surface area contributed by atoms with Gasteiger partial charge in [0.1, 0.15) is 0 Å². The van der Waals surface area contributed by atoms with Crippen LogP contribution >= 0.6 is 0 Å². The number of hydrogen-bond donors (Lipinski definition) is 2. The van der Waals surface area contributed by atoms with Gasteiger partial charge in [0.05, 0.1) is 0 Å². The van der Waals surface area contributed by atoms with Crippen LogP contribution in [0.1, 0.15) is 39.0 Å². The van der Waals surface area contributed by atoms with Crippen LogP contribution in [0.2, 0.25) is 0 Å². The number of hydrogen-bond acceptors (Lipinski definition) is 3. The van der Waals surface area contributed by atoms with Crippen molar-refractivity contribution in [3.63, 3.8) is 0 Å². The minimum atomic E-state index is -6.64. The first-order valence-corrected chi connectivity index (χ1v) is 9.19. The largest absolute Gasteiger partial charge is 0.437 e. The molecule has 0 aliphatic heterocycles. The van der Waals surface area contributed by atoms with Crippen molar-refractivity contribution in [3.05, 3.63) is 25.3 Å². The molecule has 0 fully saturated rings. The van der Waals surface area contributed by atoms with Crippen molar-refractivity contribution in [2.45, 2.75) is 56.1 Å². The van der Waals surface area contributed by atoms with Gasteiger partial charge in [0, 0.05) is 19.5 Å². The second-order valence-electron chi connectivity index (χ2n) is 5.32. The molecule has 0 aromatic carbocycles. The minimum Gasteiger partial charge on any atom is -0.310 e. The molecule has 0 spiro atoms. The highest BCUT2D eigenvalue weighted by Crippen LogP contribution is 2.50. The van der Waals surface area contributed by atoms with Crippen LogP contribution in [0.25, 0.3) is 0 Å². The molecule has 0 bridgehead atoms. The first kappa shape index (κ1) is 27.2. The maximum Gasteiger partial charge on any atom is 0.437 e. The van der Waals surface area contributed by atoms with Gasteiger partial charge in [-0.1, -0.05) is 38.3 Å². The van der Waals surface area contributed by atoms with Crippen molar-refractivity contribution in [2.24, 2.45) is 0 Å². The highest BCUT2D eigenvalue weighted by atomic mass is 32.2. The van der Waals surface area contributed by atoms with E-state index in [1.54, 1.807) is 6.92 Å². The van der Waals surface area contributed by atoms with E-state index in [-0.39, 0.29) is 6.42 Å². The molecule has 0 aromatic rings. The Morgan fingerprint density at radius 2 is 1.42 bits per heavy atom. The lowest BCUT2D eigenvalue weighted by atomic mass is 10.0. The van der Waals surface area contributed by atoms with Crippen LogP contribution in [-0.2, 0) is 10.1 Å². The van der Waals surface area contributed by atoms with Crippen molar-refractivity contribution in [1.82, 2.24) is 5.32 Å². The van der Waals surface area contributed by atoms with E-state index in [0.717, 1.165) is 13.1 Å². The van der Waals surface area contributed by atoms with E-state index in [0.29, 0.717) is 12.8 Å². The van der Waals surface area contributed by atoms with Crippen LogP contribution in [0.4, 0.5) is 26.3 Å². The average Bonchev–Trinajstić information content (AvgIpc) is 2.51. The van der Waals surface area contributed by atoms with E-state index in [4.69, 9.17) is 4.55 Å². The van der Waals surface area contributed by atoms with Crippen LogP contribution in [-0.4, -0.2) is 43.2 Å². The summed E-state index contributed by atoms with van der Waals surface area (Å²) in [5, 5.41) is -3.19. The first-order chi connectivity index (χ1) is 11.7. The van der Waals surface area contributed by atoms with Gasteiger partial charge < -0.3 is 5.32 Å². The Bertz CT molecular complexity index is 515. The van der Waals surface area contributed by atoms with Crippen molar-refractivity contribution in [2.75, 3.05) is 13.1 Å². The summed E-state index contributed by atoms with van der Waals surface area (Å²) in [5.41, 5.74) is 0. The molecule has 0 aromatic heterocycles. The monoisotopic (exact) mass is 413 g/mol. The Labute approximate surface area is 150 Å². The number of rotatable bonds is 12. The molecule has 0 amide bonds. The summed E-state index contributed by atoms with van der Waals surface area (Å²) in [6.07, 6.45) is 2.79. The second kappa shape index (κ2) is 11.6. The maximum atomic E-state index is 13.0. The van der Waals surface area contributed by atoms with Crippen LogP contribution < -0.4 is 5.32 Å². The lowest BCUT2D eigenvalue weighted by Gasteiger charge is -2.30. The topological polar surface area (TPSA) is 66.4 Å². The summed E-state index contributed by atoms with van der Waals surface area (Å²) in [4.78, 5) is 0. The Kier molecular flexibility index (Phi) is 12.1. The van der Waals surface area contributed by atoms with Gasteiger partial charge in [-0.2, -0.15) is 34.8 Å². The van der Waals surface area contributed by atoms with Gasteiger partial charge in [-0.15, -0.1) is 13.2 Å². The molecule has 0 aliphatic carbocycles. The zero-order valence-electron chi connectivity index (χ0n) is 14.5. The summed E-state index contributed by atoms with van der Waals surface area (Å²) in [6, 6.07) is 0. The average molecular weight is 413 g/mol. The van der Waals surface area contributed by atoms with E-state index in [1.165, 1.54) is 0 Å². The fraction of sp³-hybridized carbons (Fsp3) is 0.733. The summed E-state index contributed by atoms with van der Waals surface area (Å²) >= 11 is 0. The molecular formula is C15H25F6NO3S. The fourth-order valence-corrected chi connectivity index (χ4v) is 2.07. The molecule has 0 heterocycles. The molecule has 11 heteroatoms. The third kappa shape index (κ3) is 8.09. The smallest absolute Gasteiger partial charge is 0.310 e. The molecule has 0 rings (SSSR count). The Morgan fingerprint density at radius 3 is 1.77 bits per heavy atom. The highest BCUT2D eigenvalue weighted by molar-refractivity contribution is 7.87. The normalized spacial score (nSPS) is 12.9. The SMILES string of the molecule is C=CCNCC=C.CCCCCCC(F)(F)C(F)(F)C(F)(F)S(=O)(=O)O. The van der Waals surface area contributed by atoms with Crippen LogP contribution in [0.5, 0.6) is 0 Å². The fourth-order valence-electron chi connectivity index (χ4n) is 1.59. The van der Waals surface area contributed by atoms with Gasteiger partial charge in [-0.05, 0) is 6.42 Å². The molecule has 0 saturated heterocycles. The predicted molar refractivity (Wildman–Crippen MR) is 88.4 cm³/mol. The molecular weight excluding hydrogens is 388 g/mol. The minimum absolute atomic E-state index is 0.125. The van der Waals surface area contributed by atoms with Gasteiger partial charge in [0.15, 0.2) is 0 Å². The molecule has 2 N–H and O–H groups in total. The Morgan fingerprint density at radius 1 is 0.962 bits per heavy atom. The van der Waals surface area contributed by atoms with E-state index in [9.17, 15) is 34.8 Å². The van der Waals surface area contributed by atoms with E-state index < -0.39 is 40.1 Å². The molecule has 0 saturated carbocycles. The van der Waals surface area contributed by atoms with Gasteiger partial charge >= 0.3 is 27.2 Å². The standard InChI is InChI=1S/C9H14F6O3S.C6H11N/c1-2-3-4-5-6-7(10,11)8(12,13)9(14,15)19(16,17)18;1-3-5-7-6-4-2/h2-6H2,1H3,(H,16,17,18);3-4,7H,1-2,5-6H2. The second-order valence-corrected chi connectivity index (χ2v) is 6.78. The summed E-state index contributed by atoms with van der Waals surface area (Å²) in [5.74, 6) is -11.4. The molecule has 0 aliphatic rings. The lowest BCUT2D eigenvalue weighted by Crippen LogP contribution is -2.57. The molecule has 0 atom stereocenters. The summed E-state index contributed by atoms with van der Waals surface area (Å²) in [6.45, 7) is 10.5. The van der Waals surface area contributed by atoms with Gasteiger partial charge in [-0.3, -0.25) is 4.55 Å². The highest BCUT2D eigenvalue weighted by Gasteiger charge is 2.76. The van der Waals surface area contributed by atoms with Gasteiger partial charge in [0.25, 0.3) is 0 Å². The third-order valence-electron chi connectivity index (χ3n) is 3.07. The van der Waals surface area contributed by atoms with Crippen molar-refractivity contribution < 1.29 is 39.3 Å². The first-order valence-electron chi connectivity index (χ1n) is 7.75. The molecule has 26 heavy (non-hydrogen) atoms. The third-order valence-corrected chi connectivity index (χ3v) is 3.97. The lowest BCUT2D eigenvalue weighted by molar-refractivity contribution is -0.282. The zero-order valence-corrected chi connectivity index (χ0v) is 15.3. The van der Waals surface area contributed by atoms with Gasteiger partial charge in [-0.25, -0.2) is 0 Å². The van der Waals surface area contributed by atoms with Crippen molar-refractivity contribution in [3.8, 4) is 0 Å². The van der Waals surface area contributed by atoms with Crippen molar-refractivity contribution >= 4 is 10.1 Å². The van der Waals surface area contributed by atoms with E-state index in [2.05, 4.69) is 18.5 Å². The van der Waals surface area contributed by atoms with Crippen LogP contribution in [0.3, 0.4) is 0 Å². The van der Waals surface area contributed by atoms with Gasteiger partial charge in [0.2, 0.25) is 0 Å². The van der Waals surface area contributed by atoms with E-state index >= 15 is 0 Å². The zero-order chi connectivity index (χ0) is 21.1. The molecule has 156 valence electrons. The Hall–Kier alpha value is -1.07. The van der Waals surface area contributed by atoms with E-state index in [1.807, 2.05) is 12.2 Å². The Balaban J connectivity index is 0. The maximum absolute atomic E-state index is 13.0. The summed E-state index contributed by atoms with van der Waals surface area (Å²) in [7, 11) is -6.64. The van der Waals surface area contributed by atoms with Crippen molar-refractivity contribution in [1.29, 1.82) is 0 Å². The summed E-state index contributed by atoms with van der Waals surface area (Å²) < 4.78 is 106.